The second-order valence-corrected chi connectivity index (χ2v) is 6.11. The van der Waals surface area contributed by atoms with Crippen LogP contribution in [0.2, 0.25) is 0 Å². The molecule has 0 amide bonds. The Kier molecular flexibility index (Phi) is 5.00. The van der Waals surface area contributed by atoms with Crippen LogP contribution in [0.15, 0.2) is 54.6 Å². The van der Waals surface area contributed by atoms with Crippen LogP contribution in [0.3, 0.4) is 0 Å². The van der Waals surface area contributed by atoms with Crippen LogP contribution < -0.4 is 0 Å². The minimum absolute atomic E-state index is 0.622. The minimum Gasteiger partial charge on any atom is -0.0651 e. The first-order valence-corrected chi connectivity index (χ1v) is 7.79. The molecule has 0 saturated heterocycles. The number of rotatable bonds is 5. The van der Waals surface area contributed by atoms with E-state index in [4.69, 9.17) is 0 Å². The van der Waals surface area contributed by atoms with Gasteiger partial charge in [-0.2, -0.15) is 0 Å². The lowest BCUT2D eigenvalue weighted by Gasteiger charge is -2.29. The van der Waals surface area contributed by atoms with Gasteiger partial charge in [0.05, 0.1) is 0 Å². The fourth-order valence-corrected chi connectivity index (χ4v) is 3.24. The second-order valence-electron chi connectivity index (χ2n) is 6.11. The van der Waals surface area contributed by atoms with Gasteiger partial charge in [-0.3, -0.25) is 0 Å². The molecule has 2 atom stereocenters. The van der Waals surface area contributed by atoms with Gasteiger partial charge in [-0.05, 0) is 34.4 Å². The van der Waals surface area contributed by atoms with Crippen LogP contribution in [0.4, 0.5) is 0 Å². The molecule has 20 heavy (non-hydrogen) atoms. The normalized spacial score (nSPS) is 14.2. The van der Waals surface area contributed by atoms with Crippen LogP contribution in [0.1, 0.15) is 45.6 Å². The lowest BCUT2D eigenvalue weighted by Crippen LogP contribution is -2.16. The van der Waals surface area contributed by atoms with Gasteiger partial charge in [0, 0.05) is 0 Å². The average molecular weight is 266 g/mol. The van der Waals surface area contributed by atoms with E-state index in [9.17, 15) is 0 Å². The highest BCUT2D eigenvalue weighted by molar-refractivity contribution is 5.68. The highest BCUT2D eigenvalue weighted by atomic mass is 14.3. The predicted octanol–water partition coefficient (Wildman–Crippen LogP) is 6.14. The molecule has 0 spiro atoms. The molecule has 2 aromatic rings. The first kappa shape index (κ1) is 14.8. The smallest absolute Gasteiger partial charge is 0.0107 e. The van der Waals surface area contributed by atoms with Crippen LogP contribution >= 0.6 is 0 Å². The molecule has 2 rings (SSSR count). The molecule has 106 valence electrons. The summed E-state index contributed by atoms with van der Waals surface area (Å²) in [5, 5.41) is 0. The third-order valence-electron chi connectivity index (χ3n) is 4.38. The fourth-order valence-electron chi connectivity index (χ4n) is 3.24. The third kappa shape index (κ3) is 3.12. The molecule has 0 saturated carbocycles. The molecule has 2 unspecified atom stereocenters. The van der Waals surface area contributed by atoms with Gasteiger partial charge < -0.3 is 0 Å². The van der Waals surface area contributed by atoms with E-state index in [0.29, 0.717) is 17.8 Å². The van der Waals surface area contributed by atoms with Crippen molar-refractivity contribution in [3.8, 4) is 11.1 Å². The summed E-state index contributed by atoms with van der Waals surface area (Å²) in [6.07, 6.45) is 1.23. The van der Waals surface area contributed by atoms with Gasteiger partial charge in [0.15, 0.2) is 0 Å². The van der Waals surface area contributed by atoms with E-state index in [1.54, 1.807) is 0 Å². The Morgan fingerprint density at radius 3 is 2.00 bits per heavy atom. The maximum atomic E-state index is 2.38. The van der Waals surface area contributed by atoms with Gasteiger partial charge in [0.1, 0.15) is 0 Å². The van der Waals surface area contributed by atoms with Crippen molar-refractivity contribution in [3.05, 3.63) is 60.2 Å². The number of hydrogen-bond acceptors (Lipinski definition) is 0. The molecular weight excluding hydrogens is 240 g/mol. The molecule has 0 heterocycles. The summed E-state index contributed by atoms with van der Waals surface area (Å²) in [5.41, 5.74) is 4.23. The molecule has 0 heteroatoms. The molecule has 0 aromatic heterocycles. The predicted molar refractivity (Wildman–Crippen MR) is 88.9 cm³/mol. The topological polar surface area (TPSA) is 0 Å². The summed E-state index contributed by atoms with van der Waals surface area (Å²) in [4.78, 5) is 0. The quantitative estimate of drug-likeness (QED) is 0.609. The maximum absolute atomic E-state index is 2.38. The van der Waals surface area contributed by atoms with Crippen LogP contribution in [0.5, 0.6) is 0 Å². The summed E-state index contributed by atoms with van der Waals surface area (Å²) >= 11 is 0. The Bertz CT molecular complexity index is 525. The highest BCUT2D eigenvalue weighted by Crippen LogP contribution is 2.39. The summed E-state index contributed by atoms with van der Waals surface area (Å²) < 4.78 is 0. The van der Waals surface area contributed by atoms with E-state index in [1.165, 1.54) is 23.1 Å². The Labute approximate surface area is 123 Å². The van der Waals surface area contributed by atoms with E-state index in [1.807, 2.05) is 0 Å². The molecule has 0 bridgehead atoms. The lowest BCUT2D eigenvalue weighted by molar-refractivity contribution is 0.356. The van der Waals surface area contributed by atoms with Gasteiger partial charge in [0.2, 0.25) is 0 Å². The van der Waals surface area contributed by atoms with Crippen molar-refractivity contribution >= 4 is 0 Å². The van der Waals surface area contributed by atoms with E-state index >= 15 is 0 Å². The average Bonchev–Trinajstić information content (AvgIpc) is 2.48. The summed E-state index contributed by atoms with van der Waals surface area (Å²) in [7, 11) is 0. The minimum atomic E-state index is 0.622. The van der Waals surface area contributed by atoms with Gasteiger partial charge in [-0.1, -0.05) is 88.7 Å². The molecule has 2 aromatic carbocycles. The SMILES string of the molecule is CCC(C)C(c1ccccc1-c1ccccc1)C(C)C. The van der Waals surface area contributed by atoms with Crippen molar-refractivity contribution in [2.75, 3.05) is 0 Å². The van der Waals surface area contributed by atoms with Gasteiger partial charge >= 0.3 is 0 Å². The van der Waals surface area contributed by atoms with Gasteiger partial charge in [-0.15, -0.1) is 0 Å². The molecule has 0 N–H and O–H groups in total. The van der Waals surface area contributed by atoms with E-state index < -0.39 is 0 Å². The molecule has 0 aliphatic heterocycles. The largest absolute Gasteiger partial charge is 0.0651 e. The second kappa shape index (κ2) is 6.74. The molecule has 0 aliphatic carbocycles. The van der Waals surface area contributed by atoms with Crippen molar-refractivity contribution in [2.24, 2.45) is 11.8 Å². The van der Waals surface area contributed by atoms with Crippen molar-refractivity contribution in [1.82, 2.24) is 0 Å². The van der Waals surface area contributed by atoms with Gasteiger partial charge in [0.25, 0.3) is 0 Å². The van der Waals surface area contributed by atoms with Crippen LogP contribution in [-0.4, -0.2) is 0 Å². The third-order valence-corrected chi connectivity index (χ3v) is 4.38. The molecule has 0 aliphatic rings. The van der Waals surface area contributed by atoms with Crippen LogP contribution in [0, 0.1) is 11.8 Å². The first-order chi connectivity index (χ1) is 9.65. The molecule has 0 fully saturated rings. The van der Waals surface area contributed by atoms with Crippen molar-refractivity contribution in [2.45, 2.75) is 40.0 Å². The van der Waals surface area contributed by atoms with Crippen molar-refractivity contribution < 1.29 is 0 Å². The van der Waals surface area contributed by atoms with Gasteiger partial charge in [-0.25, -0.2) is 0 Å². The first-order valence-electron chi connectivity index (χ1n) is 7.79. The van der Waals surface area contributed by atoms with Crippen molar-refractivity contribution in [1.29, 1.82) is 0 Å². The Morgan fingerprint density at radius 2 is 1.40 bits per heavy atom. The zero-order chi connectivity index (χ0) is 14.5. The number of hydrogen-bond donors (Lipinski definition) is 0. The number of benzene rings is 2. The fraction of sp³-hybridized carbons (Fsp3) is 0.400. The lowest BCUT2D eigenvalue weighted by atomic mass is 9.75. The monoisotopic (exact) mass is 266 g/mol. The van der Waals surface area contributed by atoms with Crippen LogP contribution in [0.25, 0.3) is 11.1 Å². The zero-order valence-electron chi connectivity index (χ0n) is 13.1. The molecule has 0 nitrogen and oxygen atoms in total. The summed E-state index contributed by atoms with van der Waals surface area (Å²) in [6, 6.07) is 19.7. The summed E-state index contributed by atoms with van der Waals surface area (Å²) in [5.74, 6) is 1.99. The highest BCUT2D eigenvalue weighted by Gasteiger charge is 2.23. The Hall–Kier alpha value is -1.56. The Balaban J connectivity index is 2.51. The molecular formula is C20H26. The zero-order valence-corrected chi connectivity index (χ0v) is 13.1. The summed E-state index contributed by atoms with van der Waals surface area (Å²) in [6.45, 7) is 9.37. The standard InChI is InChI=1S/C20H26/c1-5-16(4)20(15(2)3)19-14-10-9-13-18(19)17-11-7-6-8-12-17/h6-16,20H,5H2,1-4H3. The van der Waals surface area contributed by atoms with Crippen molar-refractivity contribution in [3.63, 3.8) is 0 Å². The van der Waals surface area contributed by atoms with E-state index in [0.717, 1.165) is 0 Å². The van der Waals surface area contributed by atoms with Crippen LogP contribution in [-0.2, 0) is 0 Å². The van der Waals surface area contributed by atoms with E-state index in [2.05, 4.69) is 82.3 Å². The maximum Gasteiger partial charge on any atom is -0.0107 e. The Morgan fingerprint density at radius 1 is 0.800 bits per heavy atom. The van der Waals surface area contributed by atoms with E-state index in [-0.39, 0.29) is 0 Å². The molecule has 0 radical (unpaired) electrons.